The zero-order chi connectivity index (χ0) is 10.3. The molecule has 2 aromatic rings. The molecule has 1 heterocycles. The van der Waals surface area contributed by atoms with Crippen LogP contribution < -0.4 is 5.11 Å². The van der Waals surface area contributed by atoms with E-state index in [4.69, 9.17) is 11.6 Å². The molecular weight excluding hydrogens is 202 g/mol. The van der Waals surface area contributed by atoms with Crippen molar-refractivity contribution in [3.05, 3.63) is 35.0 Å². The molecule has 0 fully saturated rings. The van der Waals surface area contributed by atoms with Crippen molar-refractivity contribution in [3.63, 3.8) is 0 Å². The Hall–Kier alpha value is -1.48. The molecular formula is C10H7ClNO2-. The third-order valence-electron chi connectivity index (χ3n) is 2.19. The van der Waals surface area contributed by atoms with E-state index in [1.54, 1.807) is 6.07 Å². The van der Waals surface area contributed by atoms with Crippen molar-refractivity contribution < 1.29 is 9.90 Å². The molecule has 1 aromatic heterocycles. The van der Waals surface area contributed by atoms with E-state index in [1.165, 1.54) is 6.07 Å². The minimum Gasteiger partial charge on any atom is -0.545 e. The molecule has 3 nitrogen and oxygen atoms in total. The summed E-state index contributed by atoms with van der Waals surface area (Å²) < 4.78 is 1.88. The van der Waals surface area contributed by atoms with Gasteiger partial charge in [0.05, 0.1) is 11.0 Å². The number of halogens is 1. The molecule has 0 unspecified atom stereocenters. The topological polar surface area (TPSA) is 45.1 Å². The van der Waals surface area contributed by atoms with Gasteiger partial charge in [0.1, 0.15) is 0 Å². The van der Waals surface area contributed by atoms with Crippen LogP contribution in [0, 0.1) is 0 Å². The molecule has 72 valence electrons. The highest BCUT2D eigenvalue weighted by molar-refractivity contribution is 6.34. The van der Waals surface area contributed by atoms with Crippen LogP contribution in [-0.2, 0) is 7.05 Å². The number of carbonyl (C=O) groups is 1. The smallest absolute Gasteiger partial charge is 0.0730 e. The fourth-order valence-electron chi connectivity index (χ4n) is 1.45. The maximum absolute atomic E-state index is 10.7. The number of hydrogen-bond donors (Lipinski definition) is 0. The normalized spacial score (nSPS) is 10.7. The Labute approximate surface area is 85.5 Å². The van der Waals surface area contributed by atoms with E-state index in [0.29, 0.717) is 0 Å². The average Bonchev–Trinajstić information content (AvgIpc) is 2.46. The number of rotatable bonds is 1. The summed E-state index contributed by atoms with van der Waals surface area (Å²) in [5.41, 5.74) is 0.936. The van der Waals surface area contributed by atoms with E-state index >= 15 is 0 Å². The monoisotopic (exact) mass is 208 g/mol. The van der Waals surface area contributed by atoms with Crippen molar-refractivity contribution in [2.45, 2.75) is 0 Å². The predicted molar refractivity (Wildman–Crippen MR) is 52.3 cm³/mol. The van der Waals surface area contributed by atoms with Gasteiger partial charge < -0.3 is 14.5 Å². The molecule has 14 heavy (non-hydrogen) atoms. The van der Waals surface area contributed by atoms with Gasteiger partial charge in [0.2, 0.25) is 0 Å². The molecule has 1 aromatic carbocycles. The van der Waals surface area contributed by atoms with Gasteiger partial charge in [-0.1, -0.05) is 11.6 Å². The van der Waals surface area contributed by atoms with Crippen LogP contribution in [0.4, 0.5) is 0 Å². The number of aromatic nitrogens is 1. The highest BCUT2D eigenvalue weighted by Crippen LogP contribution is 2.23. The summed E-state index contributed by atoms with van der Waals surface area (Å²) in [5, 5.41) is 11.7. The summed E-state index contributed by atoms with van der Waals surface area (Å²) in [5.74, 6) is -1.25. The van der Waals surface area contributed by atoms with Gasteiger partial charge in [0.25, 0.3) is 0 Å². The summed E-state index contributed by atoms with van der Waals surface area (Å²) >= 11 is 5.79. The lowest BCUT2D eigenvalue weighted by molar-refractivity contribution is -0.255. The minimum atomic E-state index is -1.25. The summed E-state index contributed by atoms with van der Waals surface area (Å²) in [7, 11) is 1.87. The van der Waals surface area contributed by atoms with Crippen LogP contribution in [0.15, 0.2) is 24.4 Å². The van der Waals surface area contributed by atoms with Gasteiger partial charge in [0, 0.05) is 29.7 Å². The highest BCUT2D eigenvalue weighted by atomic mass is 35.5. The molecule has 0 N–H and O–H groups in total. The Bertz CT molecular complexity index is 516. The Morgan fingerprint density at radius 2 is 2.21 bits per heavy atom. The van der Waals surface area contributed by atoms with E-state index in [2.05, 4.69) is 0 Å². The highest BCUT2D eigenvalue weighted by Gasteiger charge is 2.05. The SMILES string of the molecule is Cn1ccc2cc(C(=O)[O-])c(Cl)cc21. The number of aromatic carboxylic acids is 1. The van der Waals surface area contributed by atoms with E-state index < -0.39 is 5.97 Å². The van der Waals surface area contributed by atoms with Crippen LogP contribution in [0.1, 0.15) is 10.4 Å². The maximum atomic E-state index is 10.7. The van der Waals surface area contributed by atoms with Crippen LogP contribution >= 0.6 is 11.6 Å². The summed E-state index contributed by atoms with van der Waals surface area (Å²) in [6, 6.07) is 4.98. The molecule has 2 rings (SSSR count). The minimum absolute atomic E-state index is 0.0327. The maximum Gasteiger partial charge on any atom is 0.0730 e. The van der Waals surface area contributed by atoms with Crippen molar-refractivity contribution in [1.29, 1.82) is 0 Å². The fourth-order valence-corrected chi connectivity index (χ4v) is 1.68. The molecule has 0 amide bonds. The van der Waals surface area contributed by atoms with Crippen molar-refractivity contribution in [1.82, 2.24) is 4.57 Å². The summed E-state index contributed by atoms with van der Waals surface area (Å²) in [4.78, 5) is 10.7. The molecule has 0 bridgehead atoms. The molecule has 0 spiro atoms. The number of carboxylic acids is 1. The van der Waals surface area contributed by atoms with Crippen LogP contribution in [-0.4, -0.2) is 10.5 Å². The third kappa shape index (κ3) is 1.26. The zero-order valence-corrected chi connectivity index (χ0v) is 8.21. The first-order valence-electron chi connectivity index (χ1n) is 4.05. The second-order valence-electron chi connectivity index (χ2n) is 3.10. The number of benzene rings is 1. The van der Waals surface area contributed by atoms with E-state index in [0.717, 1.165) is 10.9 Å². The van der Waals surface area contributed by atoms with Gasteiger partial charge in [-0.2, -0.15) is 0 Å². The Kier molecular flexibility index (Phi) is 1.97. The largest absolute Gasteiger partial charge is 0.545 e. The van der Waals surface area contributed by atoms with E-state index in [1.807, 2.05) is 23.9 Å². The summed E-state index contributed by atoms with van der Waals surface area (Å²) in [6.07, 6.45) is 1.85. The fraction of sp³-hybridized carbons (Fsp3) is 0.100. The van der Waals surface area contributed by atoms with Crippen molar-refractivity contribution in [2.75, 3.05) is 0 Å². The first kappa shape index (κ1) is 9.09. The lowest BCUT2D eigenvalue weighted by atomic mass is 10.1. The van der Waals surface area contributed by atoms with Gasteiger partial charge in [-0.3, -0.25) is 0 Å². The lowest BCUT2D eigenvalue weighted by Crippen LogP contribution is -2.22. The molecule has 0 aliphatic carbocycles. The standard InChI is InChI=1S/C10H8ClNO2/c1-12-3-2-6-4-7(10(13)14)8(11)5-9(6)12/h2-5H,1H3,(H,13,14)/p-1. The quantitative estimate of drug-likeness (QED) is 0.707. The number of carboxylic acid groups (broad SMARTS) is 1. The van der Waals surface area contributed by atoms with Gasteiger partial charge >= 0.3 is 0 Å². The Balaban J connectivity index is 2.79. The Morgan fingerprint density at radius 1 is 1.50 bits per heavy atom. The van der Waals surface area contributed by atoms with Gasteiger partial charge in [-0.25, -0.2) is 0 Å². The van der Waals surface area contributed by atoms with Gasteiger partial charge in [-0.15, -0.1) is 0 Å². The first-order chi connectivity index (χ1) is 6.59. The number of aryl methyl sites for hydroxylation is 1. The summed E-state index contributed by atoms with van der Waals surface area (Å²) in [6.45, 7) is 0. The lowest BCUT2D eigenvalue weighted by Gasteiger charge is -2.06. The van der Waals surface area contributed by atoms with Gasteiger partial charge in [0.15, 0.2) is 0 Å². The van der Waals surface area contributed by atoms with Gasteiger partial charge in [-0.05, 0) is 18.2 Å². The molecule has 0 aliphatic rings. The van der Waals surface area contributed by atoms with Crippen LogP contribution in [0.5, 0.6) is 0 Å². The molecule has 0 atom stereocenters. The van der Waals surface area contributed by atoms with Crippen LogP contribution in [0.2, 0.25) is 5.02 Å². The van der Waals surface area contributed by atoms with Crippen LogP contribution in [0.25, 0.3) is 10.9 Å². The molecule has 0 saturated heterocycles. The number of carbonyl (C=O) groups excluding carboxylic acids is 1. The molecule has 0 radical (unpaired) electrons. The molecule has 4 heteroatoms. The second kappa shape index (κ2) is 3.03. The molecule has 0 saturated carbocycles. The van der Waals surface area contributed by atoms with Crippen LogP contribution in [0.3, 0.4) is 0 Å². The second-order valence-corrected chi connectivity index (χ2v) is 3.51. The van der Waals surface area contributed by atoms with Crippen molar-refractivity contribution in [3.8, 4) is 0 Å². The average molecular weight is 209 g/mol. The molecule has 0 aliphatic heterocycles. The Morgan fingerprint density at radius 3 is 2.86 bits per heavy atom. The van der Waals surface area contributed by atoms with Crippen molar-refractivity contribution >= 4 is 28.5 Å². The number of nitrogens with zero attached hydrogens (tertiary/aromatic N) is 1. The zero-order valence-electron chi connectivity index (χ0n) is 7.45. The predicted octanol–water partition coefficient (Wildman–Crippen LogP) is 1.20. The first-order valence-corrected chi connectivity index (χ1v) is 4.43. The van der Waals surface area contributed by atoms with E-state index in [-0.39, 0.29) is 10.6 Å². The third-order valence-corrected chi connectivity index (χ3v) is 2.51. The number of fused-ring (bicyclic) bond motifs is 1. The number of hydrogen-bond acceptors (Lipinski definition) is 2. The van der Waals surface area contributed by atoms with E-state index in [9.17, 15) is 9.90 Å². The van der Waals surface area contributed by atoms with Crippen molar-refractivity contribution in [2.24, 2.45) is 7.05 Å².